The first kappa shape index (κ1) is 6.96. The molecule has 1 aromatic carbocycles. The minimum Gasteiger partial charge on any atom is -0.0623 e. The van der Waals surface area contributed by atoms with Crippen LogP contribution in [0.4, 0.5) is 0 Å². The molecule has 0 bridgehead atoms. The molecule has 35 valence electrons. The van der Waals surface area contributed by atoms with Crippen LogP contribution in [0.1, 0.15) is 0 Å². The molecule has 1 rings (SSSR count). The minimum atomic E-state index is 0. The van der Waals surface area contributed by atoms with Gasteiger partial charge < -0.3 is 0 Å². The molecule has 1 heteroatoms. The van der Waals surface area contributed by atoms with Crippen LogP contribution in [0.2, 0.25) is 0 Å². The average Bonchev–Trinajstić information content (AvgIpc) is 1.72. The summed E-state index contributed by atoms with van der Waals surface area (Å²) in [6, 6.07) is 12.0. The smallest absolute Gasteiger partial charge is 0 e. The molecule has 7 heavy (non-hydrogen) atoms. The summed E-state index contributed by atoms with van der Waals surface area (Å²) in [5.74, 6) is 0. The molecule has 0 aliphatic carbocycles. The van der Waals surface area contributed by atoms with Gasteiger partial charge in [-0.25, -0.2) is 0 Å². The molecule has 1 aromatic rings. The van der Waals surface area contributed by atoms with E-state index in [1.54, 1.807) is 0 Å². The van der Waals surface area contributed by atoms with Gasteiger partial charge in [0.05, 0.1) is 0 Å². The molecule has 0 amide bonds. The van der Waals surface area contributed by atoms with Gasteiger partial charge in [0.1, 0.15) is 0 Å². The number of hydrogen-bond donors (Lipinski definition) is 0. The van der Waals surface area contributed by atoms with Crippen molar-refractivity contribution in [2.45, 2.75) is 0 Å². The summed E-state index contributed by atoms with van der Waals surface area (Å²) in [5.41, 5.74) is 0. The molecule has 1 radical (unpaired) electrons. The van der Waals surface area contributed by atoms with E-state index in [2.05, 4.69) is 0 Å². The second kappa shape index (κ2) is 4.13. The Morgan fingerprint density at radius 1 is 0.429 bits per heavy atom. The summed E-state index contributed by atoms with van der Waals surface area (Å²) in [5, 5.41) is 0. The van der Waals surface area contributed by atoms with Gasteiger partial charge in [-0.15, -0.1) is 0 Å². The third-order valence-corrected chi connectivity index (χ3v) is 0.667. The van der Waals surface area contributed by atoms with Crippen molar-refractivity contribution in [2.75, 3.05) is 0 Å². The third kappa shape index (κ3) is 2.63. The van der Waals surface area contributed by atoms with Gasteiger partial charge >= 0.3 is 0 Å². The molecule has 0 unspecified atom stereocenters. The van der Waals surface area contributed by atoms with Crippen molar-refractivity contribution in [3.8, 4) is 0 Å². The maximum atomic E-state index is 2.00. The van der Waals surface area contributed by atoms with Crippen molar-refractivity contribution in [3.63, 3.8) is 0 Å². The van der Waals surface area contributed by atoms with Crippen LogP contribution >= 0.6 is 0 Å². The molecule has 0 aliphatic rings. The van der Waals surface area contributed by atoms with Crippen LogP contribution in [0.5, 0.6) is 0 Å². The zero-order valence-corrected chi connectivity index (χ0v) is 6.11. The monoisotopic (exact) mass is 171 g/mol. The molecular weight excluding hydrogens is 165 g/mol. The average molecular weight is 171 g/mol. The van der Waals surface area contributed by atoms with Crippen molar-refractivity contribution in [2.24, 2.45) is 0 Å². The van der Waals surface area contributed by atoms with Gasteiger partial charge in [0.15, 0.2) is 0 Å². The maximum absolute atomic E-state index is 2.00. The summed E-state index contributed by atoms with van der Waals surface area (Å²) in [6.45, 7) is 0. The Balaban J connectivity index is 0.000000360. The molecule has 0 saturated heterocycles. The second-order valence-corrected chi connectivity index (χ2v) is 1.15. The van der Waals surface area contributed by atoms with Gasteiger partial charge in [0.2, 0.25) is 0 Å². The minimum absolute atomic E-state index is 0. The third-order valence-electron chi connectivity index (χ3n) is 0.667. The molecule has 0 aromatic heterocycles. The standard InChI is InChI=1S/C6H6.Nb/c1-2-4-6-5-3-1;/h1-6H;. The van der Waals surface area contributed by atoms with Gasteiger partial charge in [-0.3, -0.25) is 0 Å². The zero-order chi connectivity index (χ0) is 4.24. The summed E-state index contributed by atoms with van der Waals surface area (Å²) in [4.78, 5) is 0. The zero-order valence-electron chi connectivity index (χ0n) is 3.91. The topological polar surface area (TPSA) is 0 Å². The molecule has 0 saturated carbocycles. The quantitative estimate of drug-likeness (QED) is 0.521. The Kier molecular flexibility index (Phi) is 4.10. The van der Waals surface area contributed by atoms with E-state index in [4.69, 9.17) is 0 Å². The van der Waals surface area contributed by atoms with Crippen molar-refractivity contribution in [1.82, 2.24) is 0 Å². The van der Waals surface area contributed by atoms with Crippen LogP contribution in [0.3, 0.4) is 0 Å². The first-order valence-corrected chi connectivity index (χ1v) is 2.00. The molecule has 0 atom stereocenters. The fraction of sp³-hybridized carbons (Fsp3) is 0. The fourth-order valence-electron chi connectivity index (χ4n) is 0.385. The molecule has 0 N–H and O–H groups in total. The van der Waals surface area contributed by atoms with Gasteiger partial charge in [-0.1, -0.05) is 36.4 Å². The van der Waals surface area contributed by atoms with Gasteiger partial charge in [-0.05, 0) is 0 Å². The number of rotatable bonds is 0. The molecule has 0 spiro atoms. The molecule has 0 fully saturated rings. The Morgan fingerprint density at radius 2 is 0.571 bits per heavy atom. The van der Waals surface area contributed by atoms with Crippen LogP contribution in [0, 0.1) is 0 Å². The van der Waals surface area contributed by atoms with Gasteiger partial charge in [-0.2, -0.15) is 0 Å². The Morgan fingerprint density at radius 3 is 0.714 bits per heavy atom. The van der Waals surface area contributed by atoms with E-state index in [1.165, 1.54) is 0 Å². The van der Waals surface area contributed by atoms with E-state index in [-0.39, 0.29) is 22.4 Å². The Labute approximate surface area is 59.1 Å². The van der Waals surface area contributed by atoms with E-state index >= 15 is 0 Å². The number of hydrogen-bond acceptors (Lipinski definition) is 0. The second-order valence-electron chi connectivity index (χ2n) is 1.15. The van der Waals surface area contributed by atoms with E-state index in [0.29, 0.717) is 0 Å². The van der Waals surface area contributed by atoms with E-state index in [1.807, 2.05) is 36.4 Å². The van der Waals surface area contributed by atoms with Gasteiger partial charge in [0, 0.05) is 22.4 Å². The van der Waals surface area contributed by atoms with Crippen LogP contribution in [0.15, 0.2) is 36.4 Å². The first-order valence-electron chi connectivity index (χ1n) is 2.00. The van der Waals surface area contributed by atoms with Crippen LogP contribution in [0.25, 0.3) is 0 Å². The maximum Gasteiger partial charge on any atom is 0 e. The molecule has 0 heterocycles. The Bertz CT molecular complexity index is 76.1. The molecule has 0 aliphatic heterocycles. The van der Waals surface area contributed by atoms with Crippen LogP contribution in [-0.4, -0.2) is 0 Å². The predicted octanol–water partition coefficient (Wildman–Crippen LogP) is 1.68. The van der Waals surface area contributed by atoms with E-state index < -0.39 is 0 Å². The van der Waals surface area contributed by atoms with E-state index in [9.17, 15) is 0 Å². The predicted molar refractivity (Wildman–Crippen MR) is 26.4 cm³/mol. The Hall–Kier alpha value is -0.0397. The first-order chi connectivity index (χ1) is 3.00. The summed E-state index contributed by atoms with van der Waals surface area (Å²) < 4.78 is 0. The fourth-order valence-corrected chi connectivity index (χ4v) is 0.385. The van der Waals surface area contributed by atoms with Crippen molar-refractivity contribution in [3.05, 3.63) is 36.4 Å². The summed E-state index contributed by atoms with van der Waals surface area (Å²) >= 11 is 0. The summed E-state index contributed by atoms with van der Waals surface area (Å²) in [7, 11) is 0. The van der Waals surface area contributed by atoms with Crippen LogP contribution in [-0.2, 0) is 22.4 Å². The SMILES string of the molecule is [Nb].c1ccccc1. The molecule has 0 nitrogen and oxygen atoms in total. The van der Waals surface area contributed by atoms with Crippen molar-refractivity contribution >= 4 is 0 Å². The number of benzene rings is 1. The van der Waals surface area contributed by atoms with E-state index in [0.717, 1.165) is 0 Å². The molecular formula is C6H6Nb. The van der Waals surface area contributed by atoms with Gasteiger partial charge in [0.25, 0.3) is 0 Å². The van der Waals surface area contributed by atoms with Crippen molar-refractivity contribution < 1.29 is 22.4 Å². The normalized spacial score (nSPS) is 6.86. The largest absolute Gasteiger partial charge is 0.0623 e. The summed E-state index contributed by atoms with van der Waals surface area (Å²) in [6.07, 6.45) is 0. The van der Waals surface area contributed by atoms with Crippen LogP contribution < -0.4 is 0 Å². The van der Waals surface area contributed by atoms with Crippen molar-refractivity contribution in [1.29, 1.82) is 0 Å².